The summed E-state index contributed by atoms with van der Waals surface area (Å²) in [5, 5.41) is 8.38. The molecule has 0 saturated carbocycles. The van der Waals surface area contributed by atoms with Gasteiger partial charge in [-0.1, -0.05) is 18.2 Å². The number of carbonyl (C=O) groups is 2. The van der Waals surface area contributed by atoms with E-state index < -0.39 is 0 Å². The summed E-state index contributed by atoms with van der Waals surface area (Å²) in [5.41, 5.74) is 3.10. The number of anilines is 2. The quantitative estimate of drug-likeness (QED) is 0.623. The van der Waals surface area contributed by atoms with Crippen molar-refractivity contribution in [2.45, 2.75) is 19.8 Å². The molecule has 28 heavy (non-hydrogen) atoms. The predicted molar refractivity (Wildman–Crippen MR) is 112 cm³/mol. The molecule has 0 unspecified atom stereocenters. The molecule has 0 radical (unpaired) electrons. The monoisotopic (exact) mass is 395 g/mol. The van der Waals surface area contributed by atoms with Crippen LogP contribution in [-0.4, -0.2) is 23.9 Å². The van der Waals surface area contributed by atoms with E-state index in [4.69, 9.17) is 4.74 Å². The number of hydrogen-bond donors (Lipinski definition) is 2. The highest BCUT2D eigenvalue weighted by Gasteiger charge is 2.11. The van der Waals surface area contributed by atoms with Gasteiger partial charge in [-0.2, -0.15) is 0 Å². The van der Waals surface area contributed by atoms with E-state index >= 15 is 0 Å². The molecule has 1 aromatic heterocycles. The number of aromatic nitrogens is 1. The summed E-state index contributed by atoms with van der Waals surface area (Å²) in [6.07, 6.45) is 0.863. The van der Waals surface area contributed by atoms with Crippen LogP contribution in [0.2, 0.25) is 0 Å². The Kier molecular flexibility index (Phi) is 6.39. The van der Waals surface area contributed by atoms with Crippen molar-refractivity contribution in [3.8, 4) is 16.3 Å². The standard InChI is InChI=1S/C21H21N3O3S/c1-14(25)22-15-6-5-7-16(12-15)23-20(26)11-10-17-13-28-21(24-17)18-8-3-4-9-19(18)27-2/h3-9,12-13H,10-11H2,1-2H3,(H,22,25)(H,23,26). The number of hydrogen-bond acceptors (Lipinski definition) is 5. The average Bonchev–Trinajstić information content (AvgIpc) is 3.15. The van der Waals surface area contributed by atoms with Gasteiger partial charge in [0.05, 0.1) is 18.4 Å². The molecule has 7 heteroatoms. The molecule has 0 atom stereocenters. The van der Waals surface area contributed by atoms with E-state index in [0.717, 1.165) is 22.0 Å². The van der Waals surface area contributed by atoms with E-state index in [2.05, 4.69) is 15.6 Å². The van der Waals surface area contributed by atoms with Crippen LogP contribution in [0.1, 0.15) is 19.0 Å². The Balaban J connectivity index is 1.58. The van der Waals surface area contributed by atoms with Gasteiger partial charge < -0.3 is 15.4 Å². The summed E-state index contributed by atoms with van der Waals surface area (Å²) in [5.74, 6) is 0.518. The third-order valence-electron chi connectivity index (χ3n) is 3.96. The Hall–Kier alpha value is -3.19. The lowest BCUT2D eigenvalue weighted by molar-refractivity contribution is -0.116. The highest BCUT2D eigenvalue weighted by Crippen LogP contribution is 2.32. The number of methoxy groups -OCH3 is 1. The number of benzene rings is 2. The lowest BCUT2D eigenvalue weighted by atomic mass is 10.2. The normalized spacial score (nSPS) is 10.4. The second-order valence-corrected chi connectivity index (χ2v) is 7.01. The summed E-state index contributed by atoms with van der Waals surface area (Å²) in [6, 6.07) is 14.8. The Morgan fingerprint density at radius 2 is 1.82 bits per heavy atom. The fourth-order valence-electron chi connectivity index (χ4n) is 2.71. The number of rotatable bonds is 7. The number of ether oxygens (including phenoxy) is 1. The second kappa shape index (κ2) is 9.14. The van der Waals surface area contributed by atoms with E-state index in [-0.39, 0.29) is 11.8 Å². The Morgan fingerprint density at radius 3 is 2.57 bits per heavy atom. The molecule has 0 bridgehead atoms. The SMILES string of the molecule is COc1ccccc1-c1nc(CCC(=O)Nc2cccc(NC(C)=O)c2)cs1. The second-order valence-electron chi connectivity index (χ2n) is 6.15. The first-order chi connectivity index (χ1) is 13.5. The highest BCUT2D eigenvalue weighted by molar-refractivity contribution is 7.13. The maximum atomic E-state index is 12.3. The van der Waals surface area contributed by atoms with Crippen LogP contribution >= 0.6 is 11.3 Å². The van der Waals surface area contributed by atoms with Crippen LogP contribution in [0.3, 0.4) is 0 Å². The molecule has 0 aliphatic heterocycles. The van der Waals surface area contributed by atoms with Crippen molar-refractivity contribution in [1.82, 2.24) is 4.98 Å². The summed E-state index contributed by atoms with van der Waals surface area (Å²) in [6.45, 7) is 1.44. The maximum absolute atomic E-state index is 12.3. The zero-order valence-electron chi connectivity index (χ0n) is 15.7. The molecule has 6 nitrogen and oxygen atoms in total. The molecule has 0 aliphatic carbocycles. The molecule has 2 amide bonds. The molecule has 3 aromatic rings. The lowest BCUT2D eigenvalue weighted by Gasteiger charge is -2.07. The molecule has 144 valence electrons. The minimum Gasteiger partial charge on any atom is -0.496 e. The minimum absolute atomic E-state index is 0.105. The van der Waals surface area contributed by atoms with Gasteiger partial charge in [-0.3, -0.25) is 9.59 Å². The van der Waals surface area contributed by atoms with Gasteiger partial charge in [-0.15, -0.1) is 11.3 Å². The number of thiazole rings is 1. The first kappa shape index (κ1) is 19.6. The van der Waals surface area contributed by atoms with Gasteiger partial charge in [0.25, 0.3) is 0 Å². The predicted octanol–water partition coefficient (Wildman–Crippen LogP) is 4.35. The summed E-state index contributed by atoms with van der Waals surface area (Å²) < 4.78 is 5.38. The van der Waals surface area contributed by atoms with Crippen molar-refractivity contribution < 1.29 is 14.3 Å². The van der Waals surface area contributed by atoms with Crippen molar-refractivity contribution in [3.05, 3.63) is 59.6 Å². The molecule has 3 rings (SSSR count). The summed E-state index contributed by atoms with van der Waals surface area (Å²) >= 11 is 1.53. The lowest BCUT2D eigenvalue weighted by Crippen LogP contribution is -2.13. The zero-order chi connectivity index (χ0) is 19.9. The number of nitrogens with zero attached hydrogens (tertiary/aromatic N) is 1. The minimum atomic E-state index is -0.155. The largest absolute Gasteiger partial charge is 0.496 e. The first-order valence-electron chi connectivity index (χ1n) is 8.80. The van der Waals surface area contributed by atoms with E-state index in [9.17, 15) is 9.59 Å². The van der Waals surface area contributed by atoms with Crippen LogP contribution in [0.15, 0.2) is 53.9 Å². The molecule has 0 spiro atoms. The van der Waals surface area contributed by atoms with Crippen molar-refractivity contribution in [2.24, 2.45) is 0 Å². The molecule has 0 fully saturated rings. The van der Waals surface area contributed by atoms with Crippen molar-refractivity contribution >= 4 is 34.5 Å². The number of amides is 2. The number of carbonyl (C=O) groups excluding carboxylic acids is 2. The Labute approximate surface area is 167 Å². The van der Waals surface area contributed by atoms with Crippen LogP contribution in [0.5, 0.6) is 5.75 Å². The van der Waals surface area contributed by atoms with E-state index in [1.165, 1.54) is 18.3 Å². The Morgan fingerprint density at radius 1 is 1.07 bits per heavy atom. The van der Waals surface area contributed by atoms with Crippen molar-refractivity contribution in [3.63, 3.8) is 0 Å². The first-order valence-corrected chi connectivity index (χ1v) is 9.68. The topological polar surface area (TPSA) is 80.3 Å². The molecule has 2 N–H and O–H groups in total. The van der Waals surface area contributed by atoms with E-state index in [1.54, 1.807) is 31.4 Å². The number of aryl methyl sites for hydroxylation is 1. The highest BCUT2D eigenvalue weighted by atomic mass is 32.1. The molecule has 0 saturated heterocycles. The van der Waals surface area contributed by atoms with Gasteiger partial charge in [-0.05, 0) is 36.8 Å². The summed E-state index contributed by atoms with van der Waals surface area (Å²) in [7, 11) is 1.64. The van der Waals surface area contributed by atoms with Crippen LogP contribution in [0.4, 0.5) is 11.4 Å². The zero-order valence-corrected chi connectivity index (χ0v) is 16.5. The maximum Gasteiger partial charge on any atom is 0.224 e. The van der Waals surface area contributed by atoms with Gasteiger partial charge in [0.1, 0.15) is 10.8 Å². The molecule has 2 aromatic carbocycles. The molecular formula is C21H21N3O3S. The Bertz CT molecular complexity index is 984. The number of nitrogens with one attached hydrogen (secondary N) is 2. The molecule has 0 aliphatic rings. The van der Waals surface area contributed by atoms with Gasteiger partial charge >= 0.3 is 0 Å². The van der Waals surface area contributed by atoms with E-state index in [0.29, 0.717) is 24.2 Å². The summed E-state index contributed by atoms with van der Waals surface area (Å²) in [4.78, 5) is 28.0. The van der Waals surface area contributed by atoms with Gasteiger partial charge in [-0.25, -0.2) is 4.98 Å². The van der Waals surface area contributed by atoms with Crippen LogP contribution in [0.25, 0.3) is 10.6 Å². The van der Waals surface area contributed by atoms with Gasteiger partial charge in [0, 0.05) is 30.1 Å². The van der Waals surface area contributed by atoms with Crippen LogP contribution in [0, 0.1) is 0 Å². The van der Waals surface area contributed by atoms with E-state index in [1.807, 2.05) is 29.6 Å². The van der Waals surface area contributed by atoms with Crippen LogP contribution in [-0.2, 0) is 16.0 Å². The fraction of sp³-hybridized carbons (Fsp3) is 0.190. The third kappa shape index (κ3) is 5.17. The molecular weight excluding hydrogens is 374 g/mol. The van der Waals surface area contributed by atoms with Crippen LogP contribution < -0.4 is 15.4 Å². The number of para-hydroxylation sites is 1. The smallest absolute Gasteiger partial charge is 0.224 e. The van der Waals surface area contributed by atoms with Gasteiger partial charge in [0.2, 0.25) is 11.8 Å². The van der Waals surface area contributed by atoms with Gasteiger partial charge in [0.15, 0.2) is 0 Å². The van der Waals surface area contributed by atoms with Crippen molar-refractivity contribution in [2.75, 3.05) is 17.7 Å². The van der Waals surface area contributed by atoms with Crippen molar-refractivity contribution in [1.29, 1.82) is 0 Å². The average molecular weight is 395 g/mol. The molecule has 1 heterocycles. The third-order valence-corrected chi connectivity index (χ3v) is 4.89. The fourth-order valence-corrected chi connectivity index (χ4v) is 3.59.